The molecule has 1 aromatic heterocycles. The summed E-state index contributed by atoms with van der Waals surface area (Å²) < 4.78 is 5.28. The molecule has 0 spiro atoms. The van der Waals surface area contributed by atoms with Crippen molar-refractivity contribution in [1.29, 1.82) is 0 Å². The van der Waals surface area contributed by atoms with Gasteiger partial charge in [0.25, 0.3) is 5.91 Å². The molecule has 1 fully saturated rings. The number of amides is 1. The molecule has 1 amide bonds. The zero-order chi connectivity index (χ0) is 13.9. The third kappa shape index (κ3) is 3.89. The zero-order valence-electron chi connectivity index (χ0n) is 11.6. The zero-order valence-corrected chi connectivity index (χ0v) is 11.6. The average molecular weight is 264 g/mol. The molecule has 1 saturated heterocycles. The van der Waals surface area contributed by atoms with Gasteiger partial charge < -0.3 is 15.0 Å². The lowest BCUT2D eigenvalue weighted by Crippen LogP contribution is -2.41. The highest BCUT2D eigenvalue weighted by atomic mass is 16.5. The monoisotopic (exact) mass is 264 g/mol. The highest BCUT2D eigenvalue weighted by Crippen LogP contribution is 2.10. The Kier molecular flexibility index (Phi) is 3.99. The van der Waals surface area contributed by atoms with Crippen molar-refractivity contribution in [3.8, 4) is 0 Å². The maximum Gasteiger partial charge on any atom is 0.254 e. The lowest BCUT2D eigenvalue weighted by atomic mass is 10.1. The van der Waals surface area contributed by atoms with Crippen LogP contribution in [0.2, 0.25) is 0 Å². The number of morpholine rings is 1. The molecule has 1 aliphatic rings. The summed E-state index contributed by atoms with van der Waals surface area (Å²) in [6, 6.07) is 0. The van der Waals surface area contributed by atoms with E-state index in [1.807, 2.05) is 20.8 Å². The van der Waals surface area contributed by atoms with Gasteiger partial charge in [-0.25, -0.2) is 9.97 Å². The molecule has 1 N–H and O–H groups in total. The number of carbonyl (C=O) groups is 1. The van der Waals surface area contributed by atoms with E-state index in [4.69, 9.17) is 4.74 Å². The van der Waals surface area contributed by atoms with Gasteiger partial charge in [-0.05, 0) is 20.8 Å². The molecule has 19 heavy (non-hydrogen) atoms. The van der Waals surface area contributed by atoms with Gasteiger partial charge in [0.05, 0.1) is 18.8 Å². The van der Waals surface area contributed by atoms with Crippen LogP contribution in [-0.4, -0.2) is 47.7 Å². The van der Waals surface area contributed by atoms with Crippen molar-refractivity contribution in [3.05, 3.63) is 18.0 Å². The van der Waals surface area contributed by atoms with Crippen molar-refractivity contribution in [2.45, 2.75) is 26.3 Å². The highest BCUT2D eigenvalue weighted by Gasteiger charge is 2.17. The summed E-state index contributed by atoms with van der Waals surface area (Å²) in [5.74, 6) is 0.497. The Morgan fingerprint density at radius 1 is 1.26 bits per heavy atom. The number of aromatic nitrogens is 2. The molecule has 6 heteroatoms. The normalized spacial score (nSPS) is 16.3. The van der Waals surface area contributed by atoms with E-state index < -0.39 is 0 Å². The second-order valence-corrected chi connectivity index (χ2v) is 5.58. The Hall–Kier alpha value is -1.69. The minimum absolute atomic E-state index is 0.152. The van der Waals surface area contributed by atoms with Crippen molar-refractivity contribution in [2.75, 3.05) is 31.2 Å². The SMILES string of the molecule is CC(C)(C)NC(=O)c1cnc(N2CCOCC2)nc1. The first-order valence-corrected chi connectivity index (χ1v) is 6.43. The summed E-state index contributed by atoms with van der Waals surface area (Å²) in [5.41, 5.74) is 0.215. The van der Waals surface area contributed by atoms with Gasteiger partial charge in [-0.2, -0.15) is 0 Å². The maximum absolute atomic E-state index is 11.9. The lowest BCUT2D eigenvalue weighted by molar-refractivity contribution is 0.0918. The van der Waals surface area contributed by atoms with Gasteiger partial charge in [0.15, 0.2) is 0 Å². The topological polar surface area (TPSA) is 67.4 Å². The predicted octanol–water partition coefficient (Wildman–Crippen LogP) is 0.841. The number of rotatable bonds is 2. The van der Waals surface area contributed by atoms with Crippen LogP contribution < -0.4 is 10.2 Å². The van der Waals surface area contributed by atoms with E-state index in [0.29, 0.717) is 24.7 Å². The van der Waals surface area contributed by atoms with Crippen LogP contribution in [0.15, 0.2) is 12.4 Å². The molecule has 0 unspecified atom stereocenters. The minimum Gasteiger partial charge on any atom is -0.378 e. The van der Waals surface area contributed by atoms with Gasteiger partial charge in [-0.15, -0.1) is 0 Å². The summed E-state index contributed by atoms with van der Waals surface area (Å²) in [7, 11) is 0. The van der Waals surface area contributed by atoms with Crippen LogP contribution >= 0.6 is 0 Å². The first-order valence-electron chi connectivity index (χ1n) is 6.43. The van der Waals surface area contributed by atoms with Gasteiger partial charge in [-0.1, -0.05) is 0 Å². The second-order valence-electron chi connectivity index (χ2n) is 5.58. The van der Waals surface area contributed by atoms with Crippen molar-refractivity contribution in [2.24, 2.45) is 0 Å². The van der Waals surface area contributed by atoms with Crippen LogP contribution in [0.5, 0.6) is 0 Å². The van der Waals surface area contributed by atoms with Gasteiger partial charge >= 0.3 is 0 Å². The van der Waals surface area contributed by atoms with E-state index >= 15 is 0 Å². The quantitative estimate of drug-likeness (QED) is 0.857. The molecule has 1 aromatic rings. The highest BCUT2D eigenvalue weighted by molar-refractivity contribution is 5.94. The van der Waals surface area contributed by atoms with Crippen LogP contribution in [0.1, 0.15) is 31.1 Å². The third-order valence-electron chi connectivity index (χ3n) is 2.68. The number of anilines is 1. The fraction of sp³-hybridized carbons (Fsp3) is 0.615. The summed E-state index contributed by atoms with van der Waals surface area (Å²) in [5, 5.41) is 2.88. The molecule has 0 bridgehead atoms. The van der Waals surface area contributed by atoms with Gasteiger partial charge in [-0.3, -0.25) is 4.79 Å². The first-order chi connectivity index (χ1) is 8.96. The number of ether oxygens (including phenoxy) is 1. The molecular formula is C13H20N4O2. The summed E-state index contributed by atoms with van der Waals surface area (Å²) >= 11 is 0. The Morgan fingerprint density at radius 2 is 1.84 bits per heavy atom. The number of hydrogen-bond acceptors (Lipinski definition) is 5. The van der Waals surface area contributed by atoms with Gasteiger partial charge in [0.2, 0.25) is 5.95 Å². The van der Waals surface area contributed by atoms with E-state index in [1.54, 1.807) is 12.4 Å². The van der Waals surface area contributed by atoms with Crippen molar-refractivity contribution in [3.63, 3.8) is 0 Å². The minimum atomic E-state index is -0.264. The van der Waals surface area contributed by atoms with Crippen molar-refractivity contribution in [1.82, 2.24) is 15.3 Å². The largest absolute Gasteiger partial charge is 0.378 e. The number of carbonyl (C=O) groups excluding carboxylic acids is 1. The molecule has 0 saturated carbocycles. The standard InChI is InChI=1S/C13H20N4O2/c1-13(2,3)16-11(18)10-8-14-12(15-9-10)17-4-6-19-7-5-17/h8-9H,4-7H2,1-3H3,(H,16,18). The van der Waals surface area contributed by atoms with E-state index in [-0.39, 0.29) is 11.4 Å². The van der Waals surface area contributed by atoms with E-state index in [9.17, 15) is 4.79 Å². The lowest BCUT2D eigenvalue weighted by Gasteiger charge is -2.26. The molecule has 0 aromatic carbocycles. The Morgan fingerprint density at radius 3 is 2.37 bits per heavy atom. The second kappa shape index (κ2) is 5.52. The molecule has 0 atom stereocenters. The average Bonchev–Trinajstić information content (AvgIpc) is 2.38. The summed E-state index contributed by atoms with van der Waals surface area (Å²) in [4.78, 5) is 22.5. The number of hydrogen-bond donors (Lipinski definition) is 1. The molecule has 1 aliphatic heterocycles. The molecule has 6 nitrogen and oxygen atoms in total. The van der Waals surface area contributed by atoms with E-state index in [0.717, 1.165) is 13.1 Å². The number of nitrogens with one attached hydrogen (secondary N) is 1. The predicted molar refractivity (Wildman–Crippen MR) is 72.3 cm³/mol. The van der Waals surface area contributed by atoms with Crippen LogP contribution in [0.25, 0.3) is 0 Å². The Labute approximate surface area is 113 Å². The summed E-state index contributed by atoms with van der Waals surface area (Å²) in [6.07, 6.45) is 3.14. The Balaban J connectivity index is 2.03. The molecule has 0 aliphatic carbocycles. The molecule has 2 rings (SSSR count). The molecule has 2 heterocycles. The number of nitrogens with zero attached hydrogens (tertiary/aromatic N) is 3. The van der Waals surface area contributed by atoms with E-state index in [2.05, 4.69) is 20.2 Å². The maximum atomic E-state index is 11.9. The van der Waals surface area contributed by atoms with Crippen LogP contribution in [-0.2, 0) is 4.74 Å². The van der Waals surface area contributed by atoms with Crippen molar-refractivity contribution < 1.29 is 9.53 Å². The summed E-state index contributed by atoms with van der Waals surface area (Å²) in [6.45, 7) is 8.77. The van der Waals surface area contributed by atoms with Crippen molar-refractivity contribution >= 4 is 11.9 Å². The fourth-order valence-corrected chi connectivity index (χ4v) is 1.78. The smallest absolute Gasteiger partial charge is 0.254 e. The van der Waals surface area contributed by atoms with Crippen LogP contribution in [0.3, 0.4) is 0 Å². The Bertz CT molecular complexity index is 433. The molecular weight excluding hydrogens is 244 g/mol. The van der Waals surface area contributed by atoms with E-state index in [1.165, 1.54) is 0 Å². The third-order valence-corrected chi connectivity index (χ3v) is 2.68. The van der Waals surface area contributed by atoms with Gasteiger partial charge in [0.1, 0.15) is 0 Å². The fourth-order valence-electron chi connectivity index (χ4n) is 1.78. The molecule has 0 radical (unpaired) electrons. The molecule has 104 valence electrons. The first kappa shape index (κ1) is 13.7. The van der Waals surface area contributed by atoms with Crippen LogP contribution in [0, 0.1) is 0 Å². The van der Waals surface area contributed by atoms with Crippen LogP contribution in [0.4, 0.5) is 5.95 Å². The van der Waals surface area contributed by atoms with Gasteiger partial charge in [0, 0.05) is 31.0 Å².